The zero-order chi connectivity index (χ0) is 28.4. The van der Waals surface area contributed by atoms with Crippen LogP contribution in [0.5, 0.6) is 0 Å². The molecule has 0 spiro atoms. The molecule has 0 saturated heterocycles. The number of nitriles is 1. The molecule has 1 amide bonds. The fourth-order valence-corrected chi connectivity index (χ4v) is 6.33. The van der Waals surface area contributed by atoms with Crippen LogP contribution in [0.15, 0.2) is 66.7 Å². The van der Waals surface area contributed by atoms with Gasteiger partial charge in [0, 0.05) is 28.7 Å². The largest absolute Gasteiger partial charge is 0.755 e. The van der Waals surface area contributed by atoms with E-state index in [1.807, 2.05) is 61.7 Å². The molecule has 1 saturated carbocycles. The van der Waals surface area contributed by atoms with Gasteiger partial charge in [-0.1, -0.05) is 48.5 Å². The summed E-state index contributed by atoms with van der Waals surface area (Å²) in [6.07, 6.45) is 2.00. The number of carbonyl (C=O) groups is 1. The number of rotatable bonds is 6. The minimum atomic E-state index is -2.53. The Morgan fingerprint density at radius 2 is 1.80 bits per heavy atom. The van der Waals surface area contributed by atoms with Gasteiger partial charge in [0.15, 0.2) is 0 Å². The Balaban J connectivity index is 1.48. The van der Waals surface area contributed by atoms with E-state index >= 15 is 0 Å². The molecular formula is C31H33N4O4S-. The molecule has 4 aromatic rings. The van der Waals surface area contributed by atoms with E-state index in [0.717, 1.165) is 27.2 Å². The number of nitrogens with zero attached hydrogens (tertiary/aromatic N) is 3. The summed E-state index contributed by atoms with van der Waals surface area (Å²) in [7, 11) is 0. The molecule has 8 nitrogen and oxygen atoms in total. The van der Waals surface area contributed by atoms with Crippen molar-refractivity contribution in [3.05, 3.63) is 77.9 Å². The quantitative estimate of drug-likeness (QED) is 0.286. The number of aromatic nitrogens is 1. The van der Waals surface area contributed by atoms with Crippen LogP contribution in [0, 0.1) is 11.3 Å². The molecule has 1 fully saturated rings. The molecule has 3 aromatic carbocycles. The lowest BCUT2D eigenvalue weighted by Gasteiger charge is -2.39. The van der Waals surface area contributed by atoms with Crippen LogP contribution in [0.1, 0.15) is 57.6 Å². The number of amides is 1. The number of hydrogen-bond donors (Lipinski definition) is 1. The predicted molar refractivity (Wildman–Crippen MR) is 157 cm³/mol. The number of hydrogen-bond acceptors (Lipinski definition) is 5. The van der Waals surface area contributed by atoms with Gasteiger partial charge in [0.2, 0.25) is 0 Å². The fourth-order valence-electron chi connectivity index (χ4n) is 5.57. The highest BCUT2D eigenvalue weighted by atomic mass is 32.2. The van der Waals surface area contributed by atoms with Crippen molar-refractivity contribution in [3.63, 3.8) is 0 Å². The highest BCUT2D eigenvalue weighted by Crippen LogP contribution is 2.35. The van der Waals surface area contributed by atoms with Gasteiger partial charge in [0.25, 0.3) is 0 Å². The molecule has 1 atom stereocenters. The molecule has 5 rings (SSSR count). The van der Waals surface area contributed by atoms with Crippen LogP contribution in [0.25, 0.3) is 21.7 Å². The van der Waals surface area contributed by atoms with E-state index in [9.17, 15) is 18.8 Å². The second-order valence-corrected chi connectivity index (χ2v) is 12.1. The van der Waals surface area contributed by atoms with Gasteiger partial charge in [0.05, 0.1) is 23.7 Å². The number of alkyl carbamates (subject to hydrolysis) is 1. The van der Waals surface area contributed by atoms with Crippen LogP contribution in [0.2, 0.25) is 0 Å². The summed E-state index contributed by atoms with van der Waals surface area (Å²) >= 11 is -2.53. The summed E-state index contributed by atoms with van der Waals surface area (Å²) in [6.45, 7) is 5.91. The first-order valence-electron chi connectivity index (χ1n) is 13.5. The zero-order valence-electron chi connectivity index (χ0n) is 22.9. The van der Waals surface area contributed by atoms with E-state index in [-0.39, 0.29) is 12.1 Å². The number of ether oxygens (including phenoxy) is 1. The van der Waals surface area contributed by atoms with E-state index in [2.05, 4.69) is 35.7 Å². The smallest absolute Gasteiger partial charge is 0.407 e. The molecule has 208 valence electrons. The lowest BCUT2D eigenvalue weighted by atomic mass is 9.91. The van der Waals surface area contributed by atoms with Crippen LogP contribution < -0.4 is 9.62 Å². The molecule has 1 heterocycles. The Labute approximate surface area is 236 Å². The van der Waals surface area contributed by atoms with Crippen molar-refractivity contribution >= 4 is 44.9 Å². The van der Waals surface area contributed by atoms with Crippen LogP contribution >= 0.6 is 0 Å². The molecule has 1 N–H and O–H groups in total. The van der Waals surface area contributed by atoms with Gasteiger partial charge in [-0.15, -0.1) is 0 Å². The Morgan fingerprint density at radius 3 is 2.50 bits per heavy atom. The van der Waals surface area contributed by atoms with Crippen LogP contribution in [-0.2, 0) is 22.5 Å². The van der Waals surface area contributed by atoms with Crippen molar-refractivity contribution < 1.29 is 18.3 Å². The molecule has 1 aliphatic carbocycles. The predicted octanol–water partition coefficient (Wildman–Crippen LogP) is 6.15. The maximum atomic E-state index is 12.8. The van der Waals surface area contributed by atoms with Gasteiger partial charge in [-0.25, -0.2) is 4.79 Å². The minimum Gasteiger partial charge on any atom is -0.755 e. The molecule has 0 aliphatic heterocycles. The summed E-state index contributed by atoms with van der Waals surface area (Å²) in [5.74, 6) is 0.565. The Bertz CT molecular complexity index is 1600. The summed E-state index contributed by atoms with van der Waals surface area (Å²) in [6, 6.07) is 23.4. The molecule has 1 aliphatic rings. The van der Waals surface area contributed by atoms with E-state index in [4.69, 9.17) is 4.74 Å². The van der Waals surface area contributed by atoms with Gasteiger partial charge in [-0.05, 0) is 81.0 Å². The van der Waals surface area contributed by atoms with E-state index in [1.54, 1.807) is 6.07 Å². The van der Waals surface area contributed by atoms with Crippen molar-refractivity contribution in [3.8, 4) is 6.07 Å². The van der Waals surface area contributed by atoms with Crippen molar-refractivity contribution in [2.75, 3.05) is 4.31 Å². The molecule has 0 radical (unpaired) electrons. The molecular weight excluding hydrogens is 524 g/mol. The van der Waals surface area contributed by atoms with E-state index < -0.39 is 23.0 Å². The Hall–Kier alpha value is -3.87. The first kappa shape index (κ1) is 27.7. The number of benzene rings is 3. The van der Waals surface area contributed by atoms with Gasteiger partial charge < -0.3 is 19.2 Å². The van der Waals surface area contributed by atoms with Crippen LogP contribution in [0.3, 0.4) is 0 Å². The maximum absolute atomic E-state index is 12.8. The standard InChI is InChI=1S/C31H34N4O4S/c1-31(2,3)39-30(36)33-25-13-15-26(16-14-25)35(40(37)38)29-18-23-12-11-21(19-32)17-28(23)34(29)20-24-9-6-8-22-7-4-5-10-27(22)24/h4-12,17-18,25-26H,13-16,20H2,1-3H3,(H,33,36)(H,37,38)/p-1. The number of fused-ring (bicyclic) bond motifs is 2. The van der Waals surface area contributed by atoms with Crippen molar-refractivity contribution in [1.29, 1.82) is 5.26 Å². The SMILES string of the molecule is CC(C)(C)OC(=O)NC1CCC(N(c2cc3ccc(C#N)cc3n2Cc2cccc3ccccc23)S(=O)[O-])CC1. The van der Waals surface area contributed by atoms with E-state index in [0.29, 0.717) is 43.6 Å². The number of nitrogens with one attached hydrogen (secondary N) is 1. The Kier molecular flexibility index (Phi) is 7.83. The van der Waals surface area contributed by atoms with E-state index in [1.165, 1.54) is 4.31 Å². The molecule has 1 unspecified atom stereocenters. The average molecular weight is 558 g/mol. The lowest BCUT2D eigenvalue weighted by molar-refractivity contribution is 0.0491. The maximum Gasteiger partial charge on any atom is 0.407 e. The van der Waals surface area contributed by atoms with Gasteiger partial charge in [-0.3, -0.25) is 8.51 Å². The van der Waals surface area contributed by atoms with Gasteiger partial charge in [-0.2, -0.15) is 5.26 Å². The van der Waals surface area contributed by atoms with Gasteiger partial charge in [0.1, 0.15) is 11.4 Å². The third-order valence-corrected chi connectivity index (χ3v) is 8.16. The third-order valence-electron chi connectivity index (χ3n) is 7.36. The molecule has 40 heavy (non-hydrogen) atoms. The van der Waals surface area contributed by atoms with Crippen LogP contribution in [-0.4, -0.2) is 37.1 Å². The topological polar surface area (TPSA) is 110 Å². The summed E-state index contributed by atoms with van der Waals surface area (Å²) < 4.78 is 34.5. The number of anilines is 1. The van der Waals surface area contributed by atoms with Crippen LogP contribution in [0.4, 0.5) is 10.6 Å². The lowest BCUT2D eigenvalue weighted by Crippen LogP contribution is -2.46. The zero-order valence-corrected chi connectivity index (χ0v) is 23.7. The first-order valence-corrected chi connectivity index (χ1v) is 14.5. The summed E-state index contributed by atoms with van der Waals surface area (Å²) in [5.41, 5.74) is 1.79. The second-order valence-electron chi connectivity index (χ2n) is 11.3. The number of carbonyl (C=O) groups excluding carboxylic acids is 1. The van der Waals surface area contributed by atoms with Crippen molar-refractivity contribution in [2.24, 2.45) is 0 Å². The minimum absolute atomic E-state index is 0.0761. The van der Waals surface area contributed by atoms with Gasteiger partial charge >= 0.3 is 6.09 Å². The highest BCUT2D eigenvalue weighted by Gasteiger charge is 2.31. The molecule has 9 heteroatoms. The van der Waals surface area contributed by atoms with Crippen molar-refractivity contribution in [2.45, 2.75) is 70.7 Å². The molecule has 1 aromatic heterocycles. The second kappa shape index (κ2) is 11.3. The highest BCUT2D eigenvalue weighted by molar-refractivity contribution is 7.80. The fraction of sp³-hybridized carbons (Fsp3) is 0.355. The summed E-state index contributed by atoms with van der Waals surface area (Å²) in [4.78, 5) is 12.3. The normalized spacial score (nSPS) is 18.3. The third kappa shape index (κ3) is 5.98. The Morgan fingerprint density at radius 1 is 1.07 bits per heavy atom. The van der Waals surface area contributed by atoms with Crippen molar-refractivity contribution in [1.82, 2.24) is 9.88 Å². The summed E-state index contributed by atoms with van der Waals surface area (Å²) in [5, 5.41) is 15.6. The average Bonchev–Trinajstić information content (AvgIpc) is 3.25. The monoisotopic (exact) mass is 557 g/mol. The molecule has 0 bridgehead atoms. The first-order chi connectivity index (χ1) is 19.1.